The number of pyridine rings is 1. The van der Waals surface area contributed by atoms with Crippen LogP contribution < -0.4 is 10.1 Å². The molecule has 0 aliphatic carbocycles. The first-order valence-corrected chi connectivity index (χ1v) is 11.3. The van der Waals surface area contributed by atoms with E-state index in [0.717, 1.165) is 11.1 Å². The van der Waals surface area contributed by atoms with Gasteiger partial charge >= 0.3 is 12.1 Å². The number of amides is 1. The summed E-state index contributed by atoms with van der Waals surface area (Å²) in [6.07, 6.45) is -0.899. The molecule has 0 spiro atoms. The molecule has 2 N–H and O–H groups in total. The Morgan fingerprint density at radius 2 is 1.70 bits per heavy atom. The van der Waals surface area contributed by atoms with Gasteiger partial charge in [0.25, 0.3) is 0 Å². The number of aromatic nitrogens is 1. The second-order valence-corrected chi connectivity index (χ2v) is 9.08. The molecule has 172 valence electrons. The van der Waals surface area contributed by atoms with Gasteiger partial charge in [-0.15, -0.1) is 0 Å². The maximum Gasteiger partial charge on any atom is 0.412 e. The number of anilines is 1. The van der Waals surface area contributed by atoms with Crippen LogP contribution in [-0.2, 0) is 26.0 Å². The summed E-state index contributed by atoms with van der Waals surface area (Å²) in [6, 6.07) is 17.4. The number of hydrogen-bond acceptors (Lipinski definition) is 7. The molecule has 1 atom stereocenters. The van der Waals surface area contributed by atoms with Crippen molar-refractivity contribution in [2.45, 2.75) is 23.7 Å². The monoisotopic (exact) mass is 470 g/mol. The number of carbonyl (C=O) groups excluding carboxylic acids is 1. The first-order chi connectivity index (χ1) is 15.7. The third kappa shape index (κ3) is 5.66. The standard InChI is InChI=1S/C23H22N2O7S/c1-15-8-10-17(11-9-15)33(29,30)21(22(26)27)20-18(12-13-19(25-20)31-2)24-23(28)32-14-16-6-4-3-5-7-16/h3-13,21H,14H2,1-2H3,(H,24,28)(H,26,27). The van der Waals surface area contributed by atoms with Gasteiger partial charge in [-0.3, -0.25) is 10.1 Å². The van der Waals surface area contributed by atoms with Crippen LogP contribution in [0.2, 0.25) is 0 Å². The summed E-state index contributed by atoms with van der Waals surface area (Å²) in [7, 11) is -3.12. The average molecular weight is 471 g/mol. The minimum atomic E-state index is -4.42. The van der Waals surface area contributed by atoms with Crippen LogP contribution in [0.5, 0.6) is 5.88 Å². The van der Waals surface area contributed by atoms with Gasteiger partial charge in [-0.05, 0) is 30.7 Å². The van der Waals surface area contributed by atoms with E-state index in [-0.39, 0.29) is 23.1 Å². The van der Waals surface area contributed by atoms with Gasteiger partial charge in [-0.25, -0.2) is 18.2 Å². The number of rotatable bonds is 8. The molecule has 0 bridgehead atoms. The summed E-state index contributed by atoms with van der Waals surface area (Å²) in [4.78, 5) is 28.3. The quantitative estimate of drug-likeness (QED) is 0.509. The summed E-state index contributed by atoms with van der Waals surface area (Å²) in [6.45, 7) is 1.74. The van der Waals surface area contributed by atoms with Crippen LogP contribution in [0.15, 0.2) is 71.6 Å². The van der Waals surface area contributed by atoms with Gasteiger partial charge < -0.3 is 14.6 Å². The van der Waals surface area contributed by atoms with Gasteiger partial charge in [0.1, 0.15) is 6.61 Å². The van der Waals surface area contributed by atoms with E-state index < -0.39 is 32.8 Å². The molecule has 0 fully saturated rings. The highest BCUT2D eigenvalue weighted by atomic mass is 32.2. The Kier molecular flexibility index (Phi) is 7.29. The molecular formula is C23H22N2O7S. The molecule has 1 heterocycles. The predicted octanol–water partition coefficient (Wildman–Crippen LogP) is 3.75. The number of methoxy groups -OCH3 is 1. The predicted molar refractivity (Wildman–Crippen MR) is 120 cm³/mol. The average Bonchev–Trinajstić information content (AvgIpc) is 2.79. The highest BCUT2D eigenvalue weighted by Gasteiger charge is 2.39. The molecular weight excluding hydrogens is 448 g/mol. The summed E-state index contributed by atoms with van der Waals surface area (Å²) >= 11 is 0. The zero-order chi connectivity index (χ0) is 24.0. The van der Waals surface area contributed by atoms with E-state index in [0.29, 0.717) is 0 Å². The minimum Gasteiger partial charge on any atom is -0.481 e. The van der Waals surface area contributed by atoms with E-state index in [4.69, 9.17) is 9.47 Å². The zero-order valence-corrected chi connectivity index (χ0v) is 18.7. The molecule has 0 aliphatic heterocycles. The fourth-order valence-electron chi connectivity index (χ4n) is 3.01. The first kappa shape index (κ1) is 23.7. The SMILES string of the molecule is COc1ccc(NC(=O)OCc2ccccc2)c(C(C(=O)O)S(=O)(=O)c2ccc(C)cc2)n1. The Morgan fingerprint density at radius 1 is 1.03 bits per heavy atom. The van der Waals surface area contributed by atoms with Crippen molar-refractivity contribution >= 4 is 27.6 Å². The third-order valence-corrected chi connectivity index (χ3v) is 6.66. The molecule has 0 saturated heterocycles. The van der Waals surface area contributed by atoms with Crippen molar-refractivity contribution in [3.63, 3.8) is 0 Å². The van der Waals surface area contributed by atoms with E-state index in [1.54, 1.807) is 43.3 Å². The van der Waals surface area contributed by atoms with E-state index in [9.17, 15) is 23.1 Å². The highest BCUT2D eigenvalue weighted by Crippen LogP contribution is 2.34. The minimum absolute atomic E-state index is 0.0152. The molecule has 33 heavy (non-hydrogen) atoms. The highest BCUT2D eigenvalue weighted by molar-refractivity contribution is 7.92. The zero-order valence-electron chi connectivity index (χ0n) is 17.9. The van der Waals surface area contributed by atoms with Crippen molar-refractivity contribution in [1.82, 2.24) is 4.98 Å². The fourth-order valence-corrected chi connectivity index (χ4v) is 4.53. The number of carboxylic acid groups (broad SMARTS) is 1. The van der Waals surface area contributed by atoms with Gasteiger partial charge in [0.2, 0.25) is 11.1 Å². The summed E-state index contributed by atoms with van der Waals surface area (Å²) in [5.41, 5.74) is 1.02. The van der Waals surface area contributed by atoms with Gasteiger partial charge in [-0.1, -0.05) is 48.0 Å². The Morgan fingerprint density at radius 3 is 2.30 bits per heavy atom. The Hall–Kier alpha value is -3.92. The topological polar surface area (TPSA) is 132 Å². The van der Waals surface area contributed by atoms with Gasteiger partial charge in [0.15, 0.2) is 9.84 Å². The Balaban J connectivity index is 1.96. The van der Waals surface area contributed by atoms with Crippen LogP contribution in [0.3, 0.4) is 0 Å². The number of nitrogens with zero attached hydrogens (tertiary/aromatic N) is 1. The molecule has 3 rings (SSSR count). The molecule has 9 nitrogen and oxygen atoms in total. The van der Waals surface area contributed by atoms with Crippen LogP contribution >= 0.6 is 0 Å². The fraction of sp³-hybridized carbons (Fsp3) is 0.174. The molecule has 2 aromatic carbocycles. The number of aliphatic carboxylic acids is 1. The summed E-state index contributed by atoms with van der Waals surface area (Å²) in [5, 5.41) is 10.1. The van der Waals surface area contributed by atoms with Crippen LogP contribution in [0.25, 0.3) is 0 Å². The molecule has 0 radical (unpaired) electrons. The number of sulfone groups is 1. The van der Waals surface area contributed by atoms with Crippen molar-refractivity contribution < 1.29 is 32.6 Å². The number of carbonyl (C=O) groups is 2. The Labute approximate surface area is 190 Å². The van der Waals surface area contributed by atoms with Crippen LogP contribution in [0.1, 0.15) is 22.1 Å². The molecule has 1 unspecified atom stereocenters. The largest absolute Gasteiger partial charge is 0.481 e. The molecule has 1 amide bonds. The number of nitrogens with one attached hydrogen (secondary N) is 1. The van der Waals surface area contributed by atoms with Crippen molar-refractivity contribution in [1.29, 1.82) is 0 Å². The van der Waals surface area contributed by atoms with Crippen molar-refractivity contribution in [3.8, 4) is 5.88 Å². The molecule has 1 aromatic heterocycles. The molecule has 0 aliphatic rings. The maximum atomic E-state index is 13.2. The van der Waals surface area contributed by atoms with Gasteiger partial charge in [0, 0.05) is 6.07 Å². The number of carboxylic acids is 1. The third-order valence-electron chi connectivity index (χ3n) is 4.69. The van der Waals surface area contributed by atoms with E-state index >= 15 is 0 Å². The lowest BCUT2D eigenvalue weighted by Gasteiger charge is -2.18. The van der Waals surface area contributed by atoms with Gasteiger partial charge in [0.05, 0.1) is 23.4 Å². The first-order valence-electron chi connectivity index (χ1n) is 9.78. The van der Waals surface area contributed by atoms with E-state index in [2.05, 4.69) is 10.3 Å². The smallest absolute Gasteiger partial charge is 0.412 e. The van der Waals surface area contributed by atoms with Crippen LogP contribution in [-0.4, -0.2) is 37.7 Å². The maximum absolute atomic E-state index is 13.2. The van der Waals surface area contributed by atoms with E-state index in [1.165, 1.54) is 31.4 Å². The number of benzene rings is 2. The summed E-state index contributed by atoms with van der Waals surface area (Å²) < 4.78 is 36.7. The second kappa shape index (κ2) is 10.1. The van der Waals surface area contributed by atoms with Crippen molar-refractivity contribution in [2.24, 2.45) is 0 Å². The van der Waals surface area contributed by atoms with Gasteiger partial charge in [-0.2, -0.15) is 0 Å². The lowest BCUT2D eigenvalue weighted by atomic mass is 10.2. The molecule has 0 saturated carbocycles. The van der Waals surface area contributed by atoms with Crippen molar-refractivity contribution in [2.75, 3.05) is 12.4 Å². The van der Waals surface area contributed by atoms with Crippen LogP contribution in [0, 0.1) is 6.92 Å². The normalized spacial score (nSPS) is 11.9. The number of ether oxygens (including phenoxy) is 2. The lowest BCUT2D eigenvalue weighted by molar-refractivity contribution is -0.136. The second-order valence-electron chi connectivity index (χ2n) is 7.05. The number of hydrogen-bond donors (Lipinski definition) is 2. The summed E-state index contributed by atoms with van der Waals surface area (Å²) in [5.74, 6) is -1.67. The lowest BCUT2D eigenvalue weighted by Crippen LogP contribution is -2.26. The van der Waals surface area contributed by atoms with Crippen molar-refractivity contribution in [3.05, 3.63) is 83.6 Å². The Bertz CT molecular complexity index is 1240. The molecule has 3 aromatic rings. The number of aryl methyl sites for hydroxylation is 1. The van der Waals surface area contributed by atoms with Crippen LogP contribution in [0.4, 0.5) is 10.5 Å². The molecule has 10 heteroatoms. The van der Waals surface area contributed by atoms with E-state index in [1.807, 2.05) is 6.07 Å².